The number of halogens is 1. The first-order chi connectivity index (χ1) is 8.13. The Hall–Kier alpha value is -1.26. The third-order valence-corrected chi connectivity index (χ3v) is 3.24. The minimum absolute atomic E-state index is 0.0624. The Labute approximate surface area is 105 Å². The number of carbonyl (C=O) groups is 1. The van der Waals surface area contributed by atoms with Gasteiger partial charge in [-0.1, -0.05) is 17.7 Å². The predicted octanol–water partition coefficient (Wildman–Crippen LogP) is 1.52. The summed E-state index contributed by atoms with van der Waals surface area (Å²) in [4.78, 5) is 14.0. The normalized spacial score (nSPS) is 19.5. The van der Waals surface area contributed by atoms with Crippen molar-refractivity contribution >= 4 is 17.5 Å². The second-order valence-corrected chi connectivity index (χ2v) is 4.52. The Morgan fingerprint density at radius 2 is 2.35 bits per heavy atom. The average molecular weight is 255 g/mol. The summed E-state index contributed by atoms with van der Waals surface area (Å²) in [7, 11) is 1.53. The molecule has 1 saturated heterocycles. The first-order valence-electron chi connectivity index (χ1n) is 5.51. The lowest BCUT2D eigenvalue weighted by molar-refractivity contribution is 0.0787. The number of nitrogens with two attached hydrogens (primary N) is 1. The average Bonchev–Trinajstić information content (AvgIpc) is 2.74. The van der Waals surface area contributed by atoms with E-state index in [-0.39, 0.29) is 11.9 Å². The third kappa shape index (κ3) is 2.37. The van der Waals surface area contributed by atoms with Crippen molar-refractivity contribution in [3.8, 4) is 5.75 Å². The maximum Gasteiger partial charge on any atom is 0.259 e. The van der Waals surface area contributed by atoms with Crippen LogP contribution >= 0.6 is 11.6 Å². The van der Waals surface area contributed by atoms with Gasteiger partial charge < -0.3 is 15.4 Å². The molecule has 0 bridgehead atoms. The molecule has 0 unspecified atom stereocenters. The number of methoxy groups -OCH3 is 1. The van der Waals surface area contributed by atoms with Gasteiger partial charge in [-0.05, 0) is 18.6 Å². The standard InChI is InChI=1S/C12H15ClN2O2/c1-17-10-4-2-3-9(13)11(10)12(16)15-6-5-8(14)7-15/h2-4,8H,5-7,14H2,1H3/t8-/m0/s1. The molecule has 92 valence electrons. The molecule has 1 amide bonds. The molecule has 0 aromatic heterocycles. The molecule has 1 aromatic rings. The van der Waals surface area contributed by atoms with Crippen molar-refractivity contribution in [1.82, 2.24) is 4.90 Å². The molecular weight excluding hydrogens is 240 g/mol. The maximum absolute atomic E-state index is 12.3. The summed E-state index contributed by atoms with van der Waals surface area (Å²) >= 11 is 6.06. The van der Waals surface area contributed by atoms with Crippen LogP contribution < -0.4 is 10.5 Å². The van der Waals surface area contributed by atoms with Gasteiger partial charge >= 0.3 is 0 Å². The molecule has 1 atom stereocenters. The van der Waals surface area contributed by atoms with Gasteiger partial charge in [-0.25, -0.2) is 0 Å². The molecule has 0 radical (unpaired) electrons. The summed E-state index contributed by atoms with van der Waals surface area (Å²) in [5.41, 5.74) is 6.21. The molecule has 2 N–H and O–H groups in total. The second kappa shape index (κ2) is 4.94. The molecule has 5 heteroatoms. The number of hydrogen-bond donors (Lipinski definition) is 1. The van der Waals surface area contributed by atoms with Gasteiger partial charge in [-0.15, -0.1) is 0 Å². The minimum atomic E-state index is -0.111. The molecule has 2 rings (SSSR count). The number of hydrogen-bond acceptors (Lipinski definition) is 3. The van der Waals surface area contributed by atoms with Crippen LogP contribution in [0.4, 0.5) is 0 Å². The van der Waals surface area contributed by atoms with Gasteiger partial charge in [-0.2, -0.15) is 0 Å². The molecule has 1 heterocycles. The Balaban J connectivity index is 2.30. The van der Waals surface area contributed by atoms with E-state index in [1.807, 2.05) is 0 Å². The van der Waals surface area contributed by atoms with E-state index in [0.29, 0.717) is 29.4 Å². The van der Waals surface area contributed by atoms with Crippen LogP contribution in [0.2, 0.25) is 5.02 Å². The zero-order valence-corrected chi connectivity index (χ0v) is 10.4. The van der Waals surface area contributed by atoms with Gasteiger partial charge in [0.15, 0.2) is 0 Å². The summed E-state index contributed by atoms with van der Waals surface area (Å²) in [5, 5.41) is 0.412. The highest BCUT2D eigenvalue weighted by Crippen LogP contribution is 2.28. The molecule has 17 heavy (non-hydrogen) atoms. The molecule has 1 aliphatic heterocycles. The summed E-state index contributed by atoms with van der Waals surface area (Å²) in [6.07, 6.45) is 0.832. The van der Waals surface area contributed by atoms with Crippen LogP contribution in [0.3, 0.4) is 0 Å². The molecule has 0 saturated carbocycles. The van der Waals surface area contributed by atoms with E-state index in [0.717, 1.165) is 6.42 Å². The van der Waals surface area contributed by atoms with E-state index in [9.17, 15) is 4.79 Å². The monoisotopic (exact) mass is 254 g/mol. The van der Waals surface area contributed by atoms with Crippen LogP contribution in [-0.4, -0.2) is 37.0 Å². The van der Waals surface area contributed by atoms with Crippen molar-refractivity contribution in [2.24, 2.45) is 5.73 Å². The maximum atomic E-state index is 12.3. The number of likely N-dealkylation sites (tertiary alicyclic amines) is 1. The zero-order chi connectivity index (χ0) is 12.4. The molecule has 1 fully saturated rings. The van der Waals surface area contributed by atoms with E-state index in [4.69, 9.17) is 22.1 Å². The van der Waals surface area contributed by atoms with Gasteiger partial charge in [0.05, 0.1) is 12.1 Å². The van der Waals surface area contributed by atoms with Gasteiger partial charge in [-0.3, -0.25) is 4.79 Å². The molecule has 0 spiro atoms. The molecule has 1 aliphatic rings. The number of amides is 1. The van der Waals surface area contributed by atoms with E-state index < -0.39 is 0 Å². The van der Waals surface area contributed by atoms with E-state index in [2.05, 4.69) is 0 Å². The van der Waals surface area contributed by atoms with Crippen LogP contribution in [0.25, 0.3) is 0 Å². The summed E-state index contributed by atoms with van der Waals surface area (Å²) in [6, 6.07) is 5.24. The highest BCUT2D eigenvalue weighted by molar-refractivity contribution is 6.34. The quantitative estimate of drug-likeness (QED) is 0.871. The number of carbonyl (C=O) groups excluding carboxylic acids is 1. The molecule has 0 aliphatic carbocycles. The Kier molecular flexibility index (Phi) is 3.54. The fourth-order valence-electron chi connectivity index (χ4n) is 2.01. The molecule has 1 aromatic carbocycles. The van der Waals surface area contributed by atoms with Crippen LogP contribution in [0.5, 0.6) is 5.75 Å². The fraction of sp³-hybridized carbons (Fsp3) is 0.417. The predicted molar refractivity (Wildman–Crippen MR) is 66.5 cm³/mol. The summed E-state index contributed by atoms with van der Waals surface area (Å²) < 4.78 is 5.17. The first kappa shape index (κ1) is 12.2. The van der Waals surface area contributed by atoms with Crippen molar-refractivity contribution in [1.29, 1.82) is 0 Å². The van der Waals surface area contributed by atoms with E-state index in [1.54, 1.807) is 23.1 Å². The van der Waals surface area contributed by atoms with Gasteiger partial charge in [0.25, 0.3) is 5.91 Å². The largest absolute Gasteiger partial charge is 0.496 e. The summed E-state index contributed by atoms with van der Waals surface area (Å²) in [6.45, 7) is 1.25. The molecular formula is C12H15ClN2O2. The lowest BCUT2D eigenvalue weighted by atomic mass is 10.1. The SMILES string of the molecule is COc1cccc(Cl)c1C(=O)N1CC[C@H](N)C1. The Bertz CT molecular complexity index is 437. The van der Waals surface area contributed by atoms with Crippen molar-refractivity contribution in [3.05, 3.63) is 28.8 Å². The van der Waals surface area contributed by atoms with Gasteiger partial charge in [0, 0.05) is 19.1 Å². The number of benzene rings is 1. The fourth-order valence-corrected chi connectivity index (χ4v) is 2.26. The van der Waals surface area contributed by atoms with Crippen molar-refractivity contribution < 1.29 is 9.53 Å². The van der Waals surface area contributed by atoms with Crippen LogP contribution in [-0.2, 0) is 0 Å². The van der Waals surface area contributed by atoms with Crippen LogP contribution in [0.15, 0.2) is 18.2 Å². The minimum Gasteiger partial charge on any atom is -0.496 e. The molecule has 4 nitrogen and oxygen atoms in total. The van der Waals surface area contributed by atoms with Gasteiger partial charge in [0.2, 0.25) is 0 Å². The number of rotatable bonds is 2. The van der Waals surface area contributed by atoms with Crippen LogP contribution in [0.1, 0.15) is 16.8 Å². The Morgan fingerprint density at radius 3 is 2.94 bits per heavy atom. The van der Waals surface area contributed by atoms with Gasteiger partial charge in [0.1, 0.15) is 11.3 Å². The van der Waals surface area contributed by atoms with E-state index in [1.165, 1.54) is 7.11 Å². The van der Waals surface area contributed by atoms with Crippen molar-refractivity contribution in [2.75, 3.05) is 20.2 Å². The van der Waals surface area contributed by atoms with Crippen LogP contribution in [0, 0.1) is 0 Å². The highest BCUT2D eigenvalue weighted by atomic mass is 35.5. The third-order valence-electron chi connectivity index (χ3n) is 2.92. The van der Waals surface area contributed by atoms with Crippen molar-refractivity contribution in [2.45, 2.75) is 12.5 Å². The number of nitrogens with zero attached hydrogens (tertiary/aromatic N) is 1. The van der Waals surface area contributed by atoms with Crippen molar-refractivity contribution in [3.63, 3.8) is 0 Å². The highest BCUT2D eigenvalue weighted by Gasteiger charge is 2.27. The Morgan fingerprint density at radius 1 is 1.59 bits per heavy atom. The summed E-state index contributed by atoms with van der Waals surface area (Å²) in [5.74, 6) is 0.392. The zero-order valence-electron chi connectivity index (χ0n) is 9.65. The topological polar surface area (TPSA) is 55.6 Å². The second-order valence-electron chi connectivity index (χ2n) is 4.12. The smallest absolute Gasteiger partial charge is 0.259 e. The lowest BCUT2D eigenvalue weighted by Gasteiger charge is -2.18. The number of ether oxygens (including phenoxy) is 1. The first-order valence-corrected chi connectivity index (χ1v) is 5.88. The lowest BCUT2D eigenvalue weighted by Crippen LogP contribution is -2.32. The van der Waals surface area contributed by atoms with E-state index >= 15 is 0 Å².